The summed E-state index contributed by atoms with van der Waals surface area (Å²) in [5.74, 6) is -0.785. The van der Waals surface area contributed by atoms with Crippen LogP contribution < -0.4 is 0 Å². The van der Waals surface area contributed by atoms with Gasteiger partial charge >= 0.3 is 17.9 Å². The number of ether oxygens (including phenoxy) is 3. The van der Waals surface area contributed by atoms with Crippen LogP contribution in [0.2, 0.25) is 0 Å². The molecule has 0 spiro atoms. The second-order valence-electron chi connectivity index (χ2n) is 13.3. The van der Waals surface area contributed by atoms with E-state index >= 15 is 0 Å². The van der Waals surface area contributed by atoms with Gasteiger partial charge in [-0.15, -0.1) is 0 Å². The quantitative estimate of drug-likeness (QED) is 0.0305. The maximum atomic E-state index is 12.0. The lowest BCUT2D eigenvalue weighted by molar-refractivity contribution is -0.152. The Morgan fingerprint density at radius 3 is 1.29 bits per heavy atom. The van der Waals surface area contributed by atoms with E-state index < -0.39 is 6.10 Å². The SMILES string of the molecule is CCCCC/C=C\C/C=C\CCCCCCCC(=O)OCC(O)COC(=O)CCCCCCCC(=O)OCCCCCCCCCCC. The monoisotopic (exact) mass is 679 g/mol. The lowest BCUT2D eigenvalue weighted by Crippen LogP contribution is -2.25. The van der Waals surface area contributed by atoms with Crippen molar-refractivity contribution in [1.82, 2.24) is 0 Å². The number of carbonyl (C=O) groups is 3. The van der Waals surface area contributed by atoms with Crippen molar-refractivity contribution < 1.29 is 33.7 Å². The number of rotatable bonds is 36. The van der Waals surface area contributed by atoms with Gasteiger partial charge in [0.2, 0.25) is 0 Å². The van der Waals surface area contributed by atoms with Crippen LogP contribution >= 0.6 is 0 Å². The number of hydrogen-bond acceptors (Lipinski definition) is 7. The molecule has 1 N–H and O–H groups in total. The largest absolute Gasteiger partial charge is 0.466 e. The molecule has 0 saturated heterocycles. The topological polar surface area (TPSA) is 99.1 Å². The van der Waals surface area contributed by atoms with E-state index in [1.54, 1.807) is 0 Å². The van der Waals surface area contributed by atoms with Gasteiger partial charge in [-0.25, -0.2) is 0 Å². The third kappa shape index (κ3) is 36.7. The van der Waals surface area contributed by atoms with Crippen LogP contribution in [0, 0.1) is 0 Å². The molecule has 0 aromatic heterocycles. The number of aliphatic hydroxyl groups is 1. The second kappa shape index (κ2) is 37.7. The van der Waals surface area contributed by atoms with Gasteiger partial charge < -0.3 is 19.3 Å². The molecule has 0 aliphatic rings. The lowest BCUT2D eigenvalue weighted by atomic mass is 10.1. The van der Waals surface area contributed by atoms with Gasteiger partial charge in [-0.1, -0.05) is 141 Å². The van der Waals surface area contributed by atoms with Crippen LogP contribution in [0.3, 0.4) is 0 Å². The molecule has 0 amide bonds. The predicted octanol–water partition coefficient (Wildman–Crippen LogP) is 11.1. The first-order valence-corrected chi connectivity index (χ1v) is 19.9. The Morgan fingerprint density at radius 1 is 0.458 bits per heavy atom. The van der Waals surface area contributed by atoms with Crippen molar-refractivity contribution in [3.63, 3.8) is 0 Å². The third-order valence-electron chi connectivity index (χ3n) is 8.48. The fourth-order valence-electron chi connectivity index (χ4n) is 5.39. The van der Waals surface area contributed by atoms with Gasteiger partial charge in [0.25, 0.3) is 0 Å². The highest BCUT2D eigenvalue weighted by atomic mass is 16.6. The summed E-state index contributed by atoms with van der Waals surface area (Å²) in [5, 5.41) is 10.00. The molecule has 0 aromatic rings. The Kier molecular flexibility index (Phi) is 36.0. The number of carbonyl (C=O) groups excluding carboxylic acids is 3. The Labute approximate surface area is 295 Å². The molecule has 1 atom stereocenters. The smallest absolute Gasteiger partial charge is 0.305 e. The van der Waals surface area contributed by atoms with E-state index in [4.69, 9.17) is 14.2 Å². The first kappa shape index (κ1) is 45.9. The number of esters is 3. The molecule has 0 saturated carbocycles. The van der Waals surface area contributed by atoms with Crippen molar-refractivity contribution in [3.8, 4) is 0 Å². The molecular formula is C41H74O7. The molecule has 0 bridgehead atoms. The van der Waals surface area contributed by atoms with E-state index in [1.165, 1.54) is 77.0 Å². The summed E-state index contributed by atoms with van der Waals surface area (Å²) in [6.07, 6.45) is 37.1. The van der Waals surface area contributed by atoms with Crippen molar-refractivity contribution in [3.05, 3.63) is 24.3 Å². The van der Waals surface area contributed by atoms with Crippen LogP contribution in [-0.4, -0.2) is 48.9 Å². The molecule has 0 aromatic carbocycles. The van der Waals surface area contributed by atoms with Crippen molar-refractivity contribution in [2.24, 2.45) is 0 Å². The Bertz CT molecular complexity index is 792. The molecular weight excluding hydrogens is 604 g/mol. The molecule has 0 rings (SSSR count). The molecule has 7 nitrogen and oxygen atoms in total. The van der Waals surface area contributed by atoms with Gasteiger partial charge in [-0.05, 0) is 57.8 Å². The minimum absolute atomic E-state index is 0.107. The normalized spacial score (nSPS) is 12.1. The molecule has 1 unspecified atom stereocenters. The van der Waals surface area contributed by atoms with E-state index in [9.17, 15) is 19.5 Å². The second-order valence-corrected chi connectivity index (χ2v) is 13.3. The van der Waals surface area contributed by atoms with Gasteiger partial charge in [-0.2, -0.15) is 0 Å². The average molecular weight is 679 g/mol. The highest BCUT2D eigenvalue weighted by Gasteiger charge is 2.12. The molecule has 0 aliphatic heterocycles. The minimum atomic E-state index is -1.01. The number of unbranched alkanes of at least 4 members (excludes halogenated alkanes) is 20. The molecule has 0 aliphatic carbocycles. The summed E-state index contributed by atoms with van der Waals surface area (Å²) < 4.78 is 15.6. The number of allylic oxidation sites excluding steroid dienone is 4. The zero-order valence-electron chi connectivity index (χ0n) is 31.2. The maximum Gasteiger partial charge on any atom is 0.305 e. The predicted molar refractivity (Wildman–Crippen MR) is 198 cm³/mol. The third-order valence-corrected chi connectivity index (χ3v) is 8.48. The summed E-state index contributed by atoms with van der Waals surface area (Å²) in [4.78, 5) is 35.8. The highest BCUT2D eigenvalue weighted by Crippen LogP contribution is 2.12. The lowest BCUT2D eigenvalue weighted by Gasteiger charge is -2.12. The molecule has 280 valence electrons. The highest BCUT2D eigenvalue weighted by molar-refractivity contribution is 5.70. The van der Waals surface area contributed by atoms with E-state index in [0.29, 0.717) is 32.3 Å². The van der Waals surface area contributed by atoms with Crippen LogP contribution in [0.5, 0.6) is 0 Å². The van der Waals surface area contributed by atoms with Gasteiger partial charge in [0.1, 0.15) is 19.3 Å². The Hall–Kier alpha value is -2.15. The van der Waals surface area contributed by atoms with Crippen LogP contribution in [0.4, 0.5) is 0 Å². The van der Waals surface area contributed by atoms with Crippen molar-refractivity contribution >= 4 is 17.9 Å². The van der Waals surface area contributed by atoms with Crippen LogP contribution in [-0.2, 0) is 28.6 Å². The van der Waals surface area contributed by atoms with E-state index in [2.05, 4.69) is 38.2 Å². The van der Waals surface area contributed by atoms with Crippen molar-refractivity contribution in [2.75, 3.05) is 19.8 Å². The van der Waals surface area contributed by atoms with Gasteiger partial charge in [0, 0.05) is 19.3 Å². The summed E-state index contributed by atoms with van der Waals surface area (Å²) in [6, 6.07) is 0. The fourth-order valence-corrected chi connectivity index (χ4v) is 5.39. The molecule has 0 heterocycles. The van der Waals surface area contributed by atoms with Crippen LogP contribution in [0.25, 0.3) is 0 Å². The Balaban J connectivity index is 3.50. The van der Waals surface area contributed by atoms with E-state index in [-0.39, 0.29) is 31.1 Å². The zero-order chi connectivity index (χ0) is 35.2. The number of hydrogen-bond donors (Lipinski definition) is 1. The fraction of sp³-hybridized carbons (Fsp3) is 0.829. The first-order chi connectivity index (χ1) is 23.5. The molecule has 0 radical (unpaired) electrons. The van der Waals surface area contributed by atoms with Gasteiger partial charge in [-0.3, -0.25) is 14.4 Å². The molecule has 48 heavy (non-hydrogen) atoms. The van der Waals surface area contributed by atoms with Crippen LogP contribution in [0.1, 0.15) is 194 Å². The minimum Gasteiger partial charge on any atom is -0.466 e. The zero-order valence-corrected chi connectivity index (χ0v) is 31.2. The summed E-state index contributed by atoms with van der Waals surface area (Å²) in [5.41, 5.74) is 0. The van der Waals surface area contributed by atoms with E-state index in [0.717, 1.165) is 77.0 Å². The van der Waals surface area contributed by atoms with Crippen molar-refractivity contribution in [2.45, 2.75) is 200 Å². The summed E-state index contributed by atoms with van der Waals surface area (Å²) in [6.45, 7) is 4.67. The maximum absolute atomic E-state index is 12.0. The summed E-state index contributed by atoms with van der Waals surface area (Å²) in [7, 11) is 0. The molecule has 7 heteroatoms. The summed E-state index contributed by atoms with van der Waals surface area (Å²) >= 11 is 0. The Morgan fingerprint density at radius 2 is 0.812 bits per heavy atom. The van der Waals surface area contributed by atoms with E-state index in [1.807, 2.05) is 0 Å². The number of aliphatic hydroxyl groups excluding tert-OH is 1. The molecule has 0 fully saturated rings. The first-order valence-electron chi connectivity index (χ1n) is 19.9. The van der Waals surface area contributed by atoms with Crippen molar-refractivity contribution in [1.29, 1.82) is 0 Å². The van der Waals surface area contributed by atoms with Gasteiger partial charge in [0.15, 0.2) is 0 Å². The van der Waals surface area contributed by atoms with Gasteiger partial charge in [0.05, 0.1) is 6.61 Å². The standard InChI is InChI=1S/C41H74O7/c1-3-5-7-9-11-13-14-15-16-17-18-19-21-24-29-33-40(44)47-36-38(42)37-48-41(45)34-30-26-23-25-28-32-39(43)46-35-31-27-22-20-12-10-8-6-4-2/h11,13,15-16,38,42H,3-10,12,14,17-37H2,1-2H3/b13-11-,16-15-. The van der Waals surface area contributed by atoms with Crippen LogP contribution in [0.15, 0.2) is 24.3 Å². The average Bonchev–Trinajstić information content (AvgIpc) is 3.08.